The first-order valence-electron chi connectivity index (χ1n) is 6.96. The molecule has 6 heteroatoms. The molecular weight excluding hydrogens is 302 g/mol. The largest absolute Gasteiger partial charge is 0.349 e. The van der Waals surface area contributed by atoms with E-state index in [2.05, 4.69) is 34.6 Å². The lowest BCUT2D eigenvalue weighted by Crippen LogP contribution is -2.29. The highest BCUT2D eigenvalue weighted by Gasteiger charge is 2.14. The Morgan fingerprint density at radius 2 is 2.10 bits per heavy atom. The van der Waals surface area contributed by atoms with Crippen molar-refractivity contribution < 1.29 is 4.79 Å². The van der Waals surface area contributed by atoms with Crippen LogP contribution in [0.1, 0.15) is 36.4 Å². The fourth-order valence-electron chi connectivity index (χ4n) is 2.00. The van der Waals surface area contributed by atoms with Crippen molar-refractivity contribution in [3.05, 3.63) is 40.9 Å². The number of nitrogens with one attached hydrogen (secondary N) is 1. The van der Waals surface area contributed by atoms with E-state index in [1.807, 2.05) is 25.1 Å². The Labute approximate surface area is 133 Å². The third kappa shape index (κ3) is 5.13. The number of hydrogen-bond acceptors (Lipinski definition) is 5. The van der Waals surface area contributed by atoms with E-state index in [-0.39, 0.29) is 11.9 Å². The molecule has 2 rings (SSSR count). The Morgan fingerprint density at radius 1 is 1.33 bits per heavy atom. The normalized spacial score (nSPS) is 12.1. The second-order valence-corrected chi connectivity index (χ2v) is 7.10. The molecule has 1 amide bonds. The lowest BCUT2D eigenvalue weighted by Gasteiger charge is -2.18. The molecule has 0 aliphatic rings. The van der Waals surface area contributed by atoms with Crippen molar-refractivity contribution in [3.63, 3.8) is 0 Å². The van der Waals surface area contributed by atoms with Crippen molar-refractivity contribution in [1.29, 1.82) is 0 Å². The van der Waals surface area contributed by atoms with E-state index < -0.39 is 0 Å². The van der Waals surface area contributed by atoms with Gasteiger partial charge in [0, 0.05) is 0 Å². The van der Waals surface area contributed by atoms with Crippen molar-refractivity contribution in [2.75, 3.05) is 5.75 Å². The van der Waals surface area contributed by atoms with Crippen LogP contribution in [0.5, 0.6) is 0 Å². The summed E-state index contributed by atoms with van der Waals surface area (Å²) >= 11 is 2.95. The highest BCUT2D eigenvalue weighted by Crippen LogP contribution is 2.22. The van der Waals surface area contributed by atoms with Crippen LogP contribution in [0.3, 0.4) is 0 Å². The lowest BCUT2D eigenvalue weighted by molar-refractivity contribution is -0.119. The summed E-state index contributed by atoms with van der Waals surface area (Å²) in [6.07, 6.45) is 1.97. The molecule has 21 heavy (non-hydrogen) atoms. The smallest absolute Gasteiger partial charge is 0.230 e. The first-order chi connectivity index (χ1) is 10.2. The van der Waals surface area contributed by atoms with Crippen molar-refractivity contribution in [3.8, 4) is 0 Å². The van der Waals surface area contributed by atoms with Crippen LogP contribution in [-0.2, 0) is 4.79 Å². The number of amides is 1. The number of rotatable bonds is 7. The van der Waals surface area contributed by atoms with E-state index in [1.165, 1.54) is 23.1 Å². The summed E-state index contributed by atoms with van der Waals surface area (Å²) in [5.74, 6) is 0.414. The summed E-state index contributed by atoms with van der Waals surface area (Å²) in [5, 5.41) is 12.0. The zero-order valence-corrected chi connectivity index (χ0v) is 13.8. The molecule has 1 atom stereocenters. The number of benzene rings is 1. The molecule has 1 N–H and O–H groups in total. The fraction of sp³-hybridized carbons (Fsp3) is 0.400. The van der Waals surface area contributed by atoms with E-state index in [0.29, 0.717) is 5.75 Å². The van der Waals surface area contributed by atoms with Crippen LogP contribution in [0.15, 0.2) is 34.7 Å². The van der Waals surface area contributed by atoms with E-state index in [0.717, 1.165) is 27.8 Å². The summed E-state index contributed by atoms with van der Waals surface area (Å²) in [7, 11) is 0. The minimum absolute atomic E-state index is 0.0372. The van der Waals surface area contributed by atoms with Gasteiger partial charge in [0.2, 0.25) is 5.91 Å². The molecule has 112 valence electrons. The molecule has 0 bridgehead atoms. The van der Waals surface area contributed by atoms with Crippen molar-refractivity contribution in [1.82, 2.24) is 15.5 Å². The van der Waals surface area contributed by atoms with Crippen LogP contribution in [-0.4, -0.2) is 21.9 Å². The van der Waals surface area contributed by atoms with Gasteiger partial charge in [-0.3, -0.25) is 4.79 Å². The van der Waals surface area contributed by atoms with Gasteiger partial charge >= 0.3 is 0 Å². The SMILES string of the molecule is CCC[C@@H](NC(=O)CSc1nnc(C)s1)c1ccccc1. The minimum Gasteiger partial charge on any atom is -0.349 e. The highest BCUT2D eigenvalue weighted by atomic mass is 32.2. The van der Waals surface area contributed by atoms with Crippen LogP contribution in [0, 0.1) is 6.92 Å². The molecule has 0 radical (unpaired) electrons. The van der Waals surface area contributed by atoms with Crippen molar-refractivity contribution in [2.24, 2.45) is 0 Å². The number of aryl methyl sites for hydroxylation is 1. The Hall–Kier alpha value is -1.40. The first-order valence-corrected chi connectivity index (χ1v) is 8.76. The number of carbonyl (C=O) groups excluding carboxylic acids is 1. The average Bonchev–Trinajstić information content (AvgIpc) is 2.91. The molecule has 0 unspecified atom stereocenters. The Kier molecular flexibility index (Phi) is 6.20. The second-order valence-electron chi connectivity index (χ2n) is 4.70. The number of hydrogen-bond donors (Lipinski definition) is 1. The molecule has 0 aliphatic carbocycles. The van der Waals surface area contributed by atoms with Gasteiger partial charge < -0.3 is 5.32 Å². The molecule has 1 aromatic heterocycles. The number of carbonyl (C=O) groups is 1. The van der Waals surface area contributed by atoms with Gasteiger partial charge in [-0.25, -0.2) is 0 Å². The molecule has 0 saturated carbocycles. The Balaban J connectivity index is 1.89. The van der Waals surface area contributed by atoms with Crippen molar-refractivity contribution in [2.45, 2.75) is 37.1 Å². The zero-order chi connectivity index (χ0) is 15.1. The maximum Gasteiger partial charge on any atom is 0.230 e. The minimum atomic E-state index is 0.0372. The van der Waals surface area contributed by atoms with Gasteiger partial charge in [0.25, 0.3) is 0 Å². The Morgan fingerprint density at radius 3 is 2.71 bits per heavy atom. The molecular formula is C15H19N3OS2. The van der Waals surface area contributed by atoms with Gasteiger partial charge in [-0.05, 0) is 18.9 Å². The molecule has 2 aromatic rings. The monoisotopic (exact) mass is 321 g/mol. The lowest BCUT2D eigenvalue weighted by atomic mass is 10.0. The van der Waals surface area contributed by atoms with Gasteiger partial charge in [0.15, 0.2) is 4.34 Å². The molecule has 0 fully saturated rings. The number of thioether (sulfide) groups is 1. The van der Waals surface area contributed by atoms with Crippen molar-refractivity contribution >= 4 is 29.0 Å². The van der Waals surface area contributed by atoms with E-state index >= 15 is 0 Å². The number of nitrogens with zero attached hydrogens (tertiary/aromatic N) is 2. The van der Waals surface area contributed by atoms with Gasteiger partial charge in [-0.2, -0.15) is 0 Å². The Bertz CT molecular complexity index is 571. The topological polar surface area (TPSA) is 54.9 Å². The average molecular weight is 321 g/mol. The number of aromatic nitrogens is 2. The van der Waals surface area contributed by atoms with Gasteiger partial charge in [0.1, 0.15) is 5.01 Å². The van der Waals surface area contributed by atoms with Gasteiger partial charge in [-0.1, -0.05) is 66.8 Å². The maximum absolute atomic E-state index is 12.1. The first kappa shape index (κ1) is 16.0. The van der Waals surface area contributed by atoms with E-state index in [9.17, 15) is 4.79 Å². The highest BCUT2D eigenvalue weighted by molar-refractivity contribution is 8.01. The zero-order valence-electron chi connectivity index (χ0n) is 12.2. The van der Waals surface area contributed by atoms with Crippen LogP contribution in [0.4, 0.5) is 0 Å². The van der Waals surface area contributed by atoms with Gasteiger partial charge in [0.05, 0.1) is 11.8 Å². The van der Waals surface area contributed by atoms with Crippen LogP contribution >= 0.6 is 23.1 Å². The fourth-order valence-corrected chi connectivity index (χ4v) is 3.62. The summed E-state index contributed by atoms with van der Waals surface area (Å²) in [6.45, 7) is 4.04. The second kappa shape index (κ2) is 8.14. The van der Waals surface area contributed by atoms with Crippen LogP contribution < -0.4 is 5.32 Å². The van der Waals surface area contributed by atoms with Crippen LogP contribution in [0.25, 0.3) is 0 Å². The quantitative estimate of drug-likeness (QED) is 0.792. The molecule has 0 spiro atoms. The summed E-state index contributed by atoms with van der Waals surface area (Å²) in [4.78, 5) is 12.1. The standard InChI is InChI=1S/C15H19N3OS2/c1-3-7-13(12-8-5-4-6-9-12)16-14(19)10-20-15-18-17-11(2)21-15/h4-6,8-9,13H,3,7,10H2,1-2H3,(H,16,19)/t13-/m1/s1. The predicted octanol–water partition coefficient (Wildman–Crippen LogP) is 3.60. The third-order valence-corrected chi connectivity index (χ3v) is 4.92. The van der Waals surface area contributed by atoms with E-state index in [4.69, 9.17) is 0 Å². The summed E-state index contributed by atoms with van der Waals surface area (Å²) in [6, 6.07) is 10.2. The third-order valence-electron chi connectivity index (χ3n) is 2.95. The summed E-state index contributed by atoms with van der Waals surface area (Å²) < 4.78 is 0.842. The molecule has 0 aliphatic heterocycles. The molecule has 0 saturated heterocycles. The molecule has 1 aromatic carbocycles. The van der Waals surface area contributed by atoms with E-state index in [1.54, 1.807) is 0 Å². The van der Waals surface area contributed by atoms with Crippen LogP contribution in [0.2, 0.25) is 0 Å². The summed E-state index contributed by atoms with van der Waals surface area (Å²) in [5.41, 5.74) is 1.16. The predicted molar refractivity (Wildman–Crippen MR) is 87.6 cm³/mol. The maximum atomic E-state index is 12.1. The molecule has 1 heterocycles. The molecule has 4 nitrogen and oxygen atoms in total. The van der Waals surface area contributed by atoms with Gasteiger partial charge in [-0.15, -0.1) is 10.2 Å².